The molecule has 3 rings (SSSR count). The summed E-state index contributed by atoms with van der Waals surface area (Å²) in [5.41, 5.74) is 0.671. The quantitative estimate of drug-likeness (QED) is 0.680. The number of aromatic nitrogens is 3. The van der Waals surface area contributed by atoms with E-state index in [-0.39, 0.29) is 17.7 Å². The SMILES string of the molecule is CNC(=O)n1ccc2c(Oc3cc(NC(=O)O)ncn3)cccc21. The van der Waals surface area contributed by atoms with Crippen LogP contribution in [0.3, 0.4) is 0 Å². The molecule has 9 nitrogen and oxygen atoms in total. The standard InChI is InChI=1S/C15H13N5O4/c1-16-14(21)20-6-5-9-10(20)3-2-4-11(9)24-13-7-12(17-8-18-13)19-15(22)23/h2-8H,1H3,(H,16,21)(H,22,23)(H,17,18,19). The lowest BCUT2D eigenvalue weighted by Crippen LogP contribution is -2.23. The highest BCUT2D eigenvalue weighted by Gasteiger charge is 2.12. The van der Waals surface area contributed by atoms with Crippen molar-refractivity contribution < 1.29 is 19.4 Å². The Labute approximate surface area is 135 Å². The second-order valence-corrected chi connectivity index (χ2v) is 4.70. The summed E-state index contributed by atoms with van der Waals surface area (Å²) in [5.74, 6) is 0.756. The number of amides is 2. The van der Waals surface area contributed by atoms with E-state index in [0.29, 0.717) is 16.7 Å². The molecular weight excluding hydrogens is 314 g/mol. The van der Waals surface area contributed by atoms with Gasteiger partial charge in [0.2, 0.25) is 5.88 Å². The molecule has 3 aromatic rings. The van der Waals surface area contributed by atoms with E-state index in [9.17, 15) is 9.59 Å². The lowest BCUT2D eigenvalue weighted by atomic mass is 10.2. The third-order valence-corrected chi connectivity index (χ3v) is 3.22. The Morgan fingerprint density at radius 2 is 2.08 bits per heavy atom. The van der Waals surface area contributed by atoms with Crippen molar-refractivity contribution in [2.75, 3.05) is 12.4 Å². The van der Waals surface area contributed by atoms with Gasteiger partial charge in [0.25, 0.3) is 0 Å². The number of hydrogen-bond donors (Lipinski definition) is 3. The molecule has 0 aliphatic heterocycles. The third kappa shape index (κ3) is 2.95. The van der Waals surface area contributed by atoms with Crippen LogP contribution in [0.4, 0.5) is 15.4 Å². The van der Waals surface area contributed by atoms with Crippen LogP contribution in [0, 0.1) is 0 Å². The van der Waals surface area contributed by atoms with Crippen LogP contribution in [-0.2, 0) is 0 Å². The molecule has 0 saturated carbocycles. The van der Waals surface area contributed by atoms with Crippen LogP contribution in [0.1, 0.15) is 0 Å². The number of benzene rings is 1. The number of nitrogens with zero attached hydrogens (tertiary/aromatic N) is 3. The number of fused-ring (bicyclic) bond motifs is 1. The Hall–Kier alpha value is -3.62. The number of nitrogens with one attached hydrogen (secondary N) is 2. The van der Waals surface area contributed by atoms with Crippen LogP contribution < -0.4 is 15.4 Å². The highest BCUT2D eigenvalue weighted by molar-refractivity contribution is 5.94. The molecule has 0 bridgehead atoms. The van der Waals surface area contributed by atoms with E-state index in [2.05, 4.69) is 20.6 Å². The van der Waals surface area contributed by atoms with E-state index in [1.165, 1.54) is 17.0 Å². The molecular formula is C15H13N5O4. The molecule has 0 saturated heterocycles. The molecule has 24 heavy (non-hydrogen) atoms. The van der Waals surface area contributed by atoms with Gasteiger partial charge in [0.1, 0.15) is 17.9 Å². The monoisotopic (exact) mass is 327 g/mol. The maximum Gasteiger partial charge on any atom is 0.410 e. The smallest absolute Gasteiger partial charge is 0.410 e. The van der Waals surface area contributed by atoms with Gasteiger partial charge < -0.3 is 15.2 Å². The summed E-state index contributed by atoms with van der Waals surface area (Å²) in [4.78, 5) is 30.2. The van der Waals surface area contributed by atoms with Gasteiger partial charge in [-0.1, -0.05) is 6.07 Å². The summed E-state index contributed by atoms with van der Waals surface area (Å²) in [5, 5.41) is 14.1. The fourth-order valence-electron chi connectivity index (χ4n) is 2.21. The van der Waals surface area contributed by atoms with E-state index < -0.39 is 6.09 Å². The molecule has 9 heteroatoms. The number of carboxylic acid groups (broad SMARTS) is 1. The zero-order valence-electron chi connectivity index (χ0n) is 12.6. The Bertz CT molecular complexity index is 921. The van der Waals surface area contributed by atoms with E-state index in [1.807, 2.05) is 0 Å². The Kier molecular flexibility index (Phi) is 3.98. The van der Waals surface area contributed by atoms with Gasteiger partial charge in [-0.3, -0.25) is 9.88 Å². The molecule has 2 amide bonds. The third-order valence-electron chi connectivity index (χ3n) is 3.22. The summed E-state index contributed by atoms with van der Waals surface area (Å²) >= 11 is 0. The van der Waals surface area contributed by atoms with Crippen LogP contribution in [0.5, 0.6) is 11.6 Å². The van der Waals surface area contributed by atoms with Crippen molar-refractivity contribution >= 4 is 28.8 Å². The first kappa shape index (κ1) is 15.3. The molecule has 1 aromatic carbocycles. The van der Waals surface area contributed by atoms with Crippen molar-refractivity contribution in [2.24, 2.45) is 0 Å². The van der Waals surface area contributed by atoms with Gasteiger partial charge >= 0.3 is 12.1 Å². The molecule has 0 unspecified atom stereocenters. The first-order valence-corrected chi connectivity index (χ1v) is 6.90. The summed E-state index contributed by atoms with van der Waals surface area (Å²) in [6, 6.07) is 8.10. The summed E-state index contributed by atoms with van der Waals surface area (Å²) in [7, 11) is 1.55. The molecule has 0 atom stereocenters. The van der Waals surface area contributed by atoms with Crippen molar-refractivity contribution in [1.82, 2.24) is 19.9 Å². The molecule has 0 fully saturated rings. The zero-order valence-corrected chi connectivity index (χ0v) is 12.6. The molecule has 2 heterocycles. The van der Waals surface area contributed by atoms with Crippen LogP contribution in [0.25, 0.3) is 10.9 Å². The highest BCUT2D eigenvalue weighted by Crippen LogP contribution is 2.30. The van der Waals surface area contributed by atoms with Gasteiger partial charge in [-0.15, -0.1) is 0 Å². The van der Waals surface area contributed by atoms with Gasteiger partial charge in [0.05, 0.1) is 5.52 Å². The summed E-state index contributed by atoms with van der Waals surface area (Å²) < 4.78 is 7.17. The molecule has 122 valence electrons. The molecule has 3 N–H and O–H groups in total. The fourth-order valence-corrected chi connectivity index (χ4v) is 2.21. The zero-order chi connectivity index (χ0) is 17.1. The number of ether oxygens (including phenoxy) is 1. The highest BCUT2D eigenvalue weighted by atomic mass is 16.5. The first-order chi connectivity index (χ1) is 11.6. The lowest BCUT2D eigenvalue weighted by molar-refractivity contribution is 0.209. The number of hydrogen-bond acceptors (Lipinski definition) is 5. The van der Waals surface area contributed by atoms with E-state index in [0.717, 1.165) is 0 Å². The minimum atomic E-state index is -1.23. The topological polar surface area (TPSA) is 118 Å². The van der Waals surface area contributed by atoms with Crippen LogP contribution in [0.2, 0.25) is 0 Å². The second kappa shape index (κ2) is 6.24. The van der Waals surface area contributed by atoms with Gasteiger partial charge in [-0.25, -0.2) is 19.6 Å². The second-order valence-electron chi connectivity index (χ2n) is 4.70. The number of carbonyl (C=O) groups is 2. The molecule has 0 aliphatic rings. The van der Waals surface area contributed by atoms with Crippen molar-refractivity contribution in [3.8, 4) is 11.6 Å². The van der Waals surface area contributed by atoms with E-state index in [1.54, 1.807) is 37.5 Å². The van der Waals surface area contributed by atoms with Crippen molar-refractivity contribution in [3.63, 3.8) is 0 Å². The van der Waals surface area contributed by atoms with Gasteiger partial charge in [0, 0.05) is 24.7 Å². The number of carbonyl (C=O) groups excluding carboxylic acids is 1. The summed E-state index contributed by atoms with van der Waals surface area (Å²) in [6.45, 7) is 0. The predicted molar refractivity (Wildman–Crippen MR) is 85.5 cm³/mol. The molecule has 0 aliphatic carbocycles. The van der Waals surface area contributed by atoms with Crippen LogP contribution in [0.15, 0.2) is 42.9 Å². The van der Waals surface area contributed by atoms with Crippen molar-refractivity contribution in [1.29, 1.82) is 0 Å². The Balaban J connectivity index is 1.95. The fraction of sp³-hybridized carbons (Fsp3) is 0.0667. The largest absolute Gasteiger partial charge is 0.465 e. The summed E-state index contributed by atoms with van der Waals surface area (Å²) in [6.07, 6.45) is 1.59. The van der Waals surface area contributed by atoms with Gasteiger partial charge in [0.15, 0.2) is 0 Å². The number of rotatable bonds is 3. The maximum absolute atomic E-state index is 11.8. The van der Waals surface area contributed by atoms with Gasteiger partial charge in [-0.05, 0) is 18.2 Å². The molecule has 2 aromatic heterocycles. The van der Waals surface area contributed by atoms with Crippen molar-refractivity contribution in [3.05, 3.63) is 42.9 Å². The average molecular weight is 327 g/mol. The van der Waals surface area contributed by atoms with Crippen LogP contribution >= 0.6 is 0 Å². The Morgan fingerprint density at radius 1 is 1.25 bits per heavy atom. The van der Waals surface area contributed by atoms with E-state index in [4.69, 9.17) is 9.84 Å². The van der Waals surface area contributed by atoms with Crippen molar-refractivity contribution in [2.45, 2.75) is 0 Å². The minimum Gasteiger partial charge on any atom is -0.465 e. The normalized spacial score (nSPS) is 10.4. The number of anilines is 1. The lowest BCUT2D eigenvalue weighted by Gasteiger charge is -2.08. The molecule has 0 radical (unpaired) electrons. The minimum absolute atomic E-state index is 0.0996. The Morgan fingerprint density at radius 3 is 2.83 bits per heavy atom. The molecule has 0 spiro atoms. The maximum atomic E-state index is 11.8. The average Bonchev–Trinajstić information content (AvgIpc) is 2.99. The van der Waals surface area contributed by atoms with Gasteiger partial charge in [-0.2, -0.15) is 0 Å². The first-order valence-electron chi connectivity index (χ1n) is 6.90. The van der Waals surface area contributed by atoms with E-state index >= 15 is 0 Å². The van der Waals surface area contributed by atoms with Crippen LogP contribution in [-0.4, -0.2) is 38.8 Å². The predicted octanol–water partition coefficient (Wildman–Crippen LogP) is 2.50.